The SMILES string of the molecule is CCc1cccc([C@H]2CCNC(=O)[C@@H]2C(=O)Nc2cccc(F)c2F)c1. The largest absolute Gasteiger partial charge is 0.355 e. The van der Waals surface area contributed by atoms with E-state index in [-0.39, 0.29) is 11.6 Å². The van der Waals surface area contributed by atoms with E-state index in [4.69, 9.17) is 0 Å². The maximum atomic E-state index is 13.9. The Kier molecular flexibility index (Phi) is 5.30. The zero-order chi connectivity index (χ0) is 18.7. The summed E-state index contributed by atoms with van der Waals surface area (Å²) in [6.07, 6.45) is 1.45. The van der Waals surface area contributed by atoms with E-state index in [9.17, 15) is 18.4 Å². The molecule has 2 aromatic rings. The minimum Gasteiger partial charge on any atom is -0.355 e. The first-order valence-corrected chi connectivity index (χ1v) is 8.62. The fourth-order valence-corrected chi connectivity index (χ4v) is 3.33. The first-order chi connectivity index (χ1) is 12.5. The lowest BCUT2D eigenvalue weighted by atomic mass is 9.79. The van der Waals surface area contributed by atoms with Crippen molar-refractivity contribution < 1.29 is 18.4 Å². The maximum Gasteiger partial charge on any atom is 0.237 e. The van der Waals surface area contributed by atoms with Gasteiger partial charge in [0.15, 0.2) is 11.6 Å². The fourth-order valence-electron chi connectivity index (χ4n) is 3.33. The predicted octanol–water partition coefficient (Wildman–Crippen LogP) is 3.39. The van der Waals surface area contributed by atoms with Gasteiger partial charge in [-0.2, -0.15) is 0 Å². The van der Waals surface area contributed by atoms with Crippen LogP contribution in [-0.4, -0.2) is 18.4 Å². The average molecular weight is 358 g/mol. The highest BCUT2D eigenvalue weighted by atomic mass is 19.2. The lowest BCUT2D eigenvalue weighted by molar-refractivity contribution is -0.135. The highest BCUT2D eigenvalue weighted by Crippen LogP contribution is 2.33. The number of piperidine rings is 1. The van der Waals surface area contributed by atoms with E-state index >= 15 is 0 Å². The summed E-state index contributed by atoms with van der Waals surface area (Å²) in [6, 6.07) is 11.3. The summed E-state index contributed by atoms with van der Waals surface area (Å²) in [5, 5.41) is 5.05. The van der Waals surface area contributed by atoms with Gasteiger partial charge in [-0.05, 0) is 36.1 Å². The first-order valence-electron chi connectivity index (χ1n) is 8.62. The van der Waals surface area contributed by atoms with Crippen LogP contribution in [0, 0.1) is 17.6 Å². The fraction of sp³-hybridized carbons (Fsp3) is 0.300. The van der Waals surface area contributed by atoms with Gasteiger partial charge < -0.3 is 10.6 Å². The Labute approximate surface area is 150 Å². The Morgan fingerprint density at radius 3 is 2.77 bits per heavy atom. The standard InChI is InChI=1S/C20H20F2N2O2/c1-2-12-5-3-6-13(11-12)14-9-10-23-19(25)17(14)20(26)24-16-8-4-7-15(21)18(16)22/h3-8,11,14,17H,2,9-10H2,1H3,(H,23,25)(H,24,26)/t14-,17-/m1/s1. The lowest BCUT2D eigenvalue weighted by Gasteiger charge is -2.30. The van der Waals surface area contributed by atoms with Crippen LogP contribution in [0.1, 0.15) is 30.4 Å². The third-order valence-electron chi connectivity index (χ3n) is 4.72. The Hall–Kier alpha value is -2.76. The van der Waals surface area contributed by atoms with Crippen LogP contribution < -0.4 is 10.6 Å². The van der Waals surface area contributed by atoms with Gasteiger partial charge in [0.05, 0.1) is 5.69 Å². The highest BCUT2D eigenvalue weighted by Gasteiger charge is 2.38. The summed E-state index contributed by atoms with van der Waals surface area (Å²) >= 11 is 0. The van der Waals surface area contributed by atoms with Gasteiger partial charge in [-0.1, -0.05) is 37.3 Å². The molecule has 0 saturated carbocycles. The second-order valence-corrected chi connectivity index (χ2v) is 6.35. The molecular weight excluding hydrogens is 338 g/mol. The topological polar surface area (TPSA) is 58.2 Å². The molecule has 1 fully saturated rings. The van der Waals surface area contributed by atoms with Crippen molar-refractivity contribution in [2.75, 3.05) is 11.9 Å². The number of carbonyl (C=O) groups excluding carboxylic acids is 2. The molecule has 136 valence electrons. The van der Waals surface area contributed by atoms with Crippen LogP contribution in [0.2, 0.25) is 0 Å². The minimum absolute atomic E-state index is 0.269. The van der Waals surface area contributed by atoms with E-state index < -0.39 is 29.4 Å². The van der Waals surface area contributed by atoms with Gasteiger partial charge >= 0.3 is 0 Å². The van der Waals surface area contributed by atoms with Crippen molar-refractivity contribution in [3.05, 3.63) is 65.2 Å². The Balaban J connectivity index is 1.89. The lowest BCUT2D eigenvalue weighted by Crippen LogP contribution is -2.46. The number of amides is 2. The highest BCUT2D eigenvalue weighted by molar-refractivity contribution is 6.07. The molecule has 0 unspecified atom stereocenters. The molecule has 2 N–H and O–H groups in total. The average Bonchev–Trinajstić information content (AvgIpc) is 2.65. The number of hydrogen-bond donors (Lipinski definition) is 2. The monoisotopic (exact) mass is 358 g/mol. The predicted molar refractivity (Wildman–Crippen MR) is 94.7 cm³/mol. The van der Waals surface area contributed by atoms with Crippen LogP contribution >= 0.6 is 0 Å². The summed E-state index contributed by atoms with van der Waals surface area (Å²) in [6.45, 7) is 2.50. The number of benzene rings is 2. The van der Waals surface area contributed by atoms with Crippen molar-refractivity contribution in [2.45, 2.75) is 25.7 Å². The summed E-state index contributed by atoms with van der Waals surface area (Å²) in [5.74, 6) is -4.55. The number of hydrogen-bond acceptors (Lipinski definition) is 2. The molecule has 2 atom stereocenters. The number of carbonyl (C=O) groups is 2. The number of rotatable bonds is 4. The number of halogens is 2. The minimum atomic E-state index is -1.14. The molecule has 26 heavy (non-hydrogen) atoms. The van der Waals surface area contributed by atoms with E-state index in [0.29, 0.717) is 13.0 Å². The molecule has 0 aromatic heterocycles. The number of nitrogens with one attached hydrogen (secondary N) is 2. The van der Waals surface area contributed by atoms with Crippen molar-refractivity contribution in [3.63, 3.8) is 0 Å². The van der Waals surface area contributed by atoms with E-state index in [1.807, 2.05) is 31.2 Å². The van der Waals surface area contributed by atoms with Crippen LogP contribution in [0.3, 0.4) is 0 Å². The van der Waals surface area contributed by atoms with Crippen molar-refractivity contribution in [3.8, 4) is 0 Å². The smallest absolute Gasteiger partial charge is 0.237 e. The molecule has 2 amide bonds. The number of aryl methyl sites for hydroxylation is 1. The first kappa shape index (κ1) is 18.0. The van der Waals surface area contributed by atoms with Crippen LogP contribution in [-0.2, 0) is 16.0 Å². The van der Waals surface area contributed by atoms with Gasteiger partial charge in [-0.25, -0.2) is 8.78 Å². The zero-order valence-electron chi connectivity index (χ0n) is 14.4. The summed E-state index contributed by atoms with van der Waals surface area (Å²) in [5.41, 5.74) is 1.75. The second kappa shape index (κ2) is 7.64. The molecule has 0 aliphatic carbocycles. The van der Waals surface area contributed by atoms with E-state index in [1.165, 1.54) is 12.1 Å². The molecule has 0 radical (unpaired) electrons. The van der Waals surface area contributed by atoms with Gasteiger partial charge in [0, 0.05) is 12.5 Å². The summed E-state index contributed by atoms with van der Waals surface area (Å²) in [7, 11) is 0. The Bertz CT molecular complexity index is 838. The number of anilines is 1. The quantitative estimate of drug-likeness (QED) is 0.823. The third-order valence-corrected chi connectivity index (χ3v) is 4.72. The molecular formula is C20H20F2N2O2. The van der Waals surface area contributed by atoms with Gasteiger partial charge in [0.1, 0.15) is 5.92 Å². The summed E-state index contributed by atoms with van der Waals surface area (Å²) < 4.78 is 27.2. The molecule has 0 bridgehead atoms. The van der Waals surface area contributed by atoms with Crippen molar-refractivity contribution in [2.24, 2.45) is 5.92 Å². The van der Waals surface area contributed by atoms with Gasteiger partial charge in [0.25, 0.3) is 0 Å². The van der Waals surface area contributed by atoms with Crippen molar-refractivity contribution >= 4 is 17.5 Å². The van der Waals surface area contributed by atoms with Crippen LogP contribution in [0.15, 0.2) is 42.5 Å². The third kappa shape index (κ3) is 3.59. The van der Waals surface area contributed by atoms with E-state index in [1.54, 1.807) is 0 Å². The maximum absolute atomic E-state index is 13.9. The van der Waals surface area contributed by atoms with Crippen LogP contribution in [0.5, 0.6) is 0 Å². The molecule has 0 spiro atoms. The van der Waals surface area contributed by atoms with E-state index in [2.05, 4.69) is 10.6 Å². The van der Waals surface area contributed by atoms with Crippen molar-refractivity contribution in [1.82, 2.24) is 5.32 Å². The van der Waals surface area contributed by atoms with Gasteiger partial charge in [-0.15, -0.1) is 0 Å². The zero-order valence-corrected chi connectivity index (χ0v) is 14.4. The van der Waals surface area contributed by atoms with Gasteiger partial charge in [-0.3, -0.25) is 9.59 Å². The van der Waals surface area contributed by atoms with Crippen LogP contribution in [0.4, 0.5) is 14.5 Å². The second-order valence-electron chi connectivity index (χ2n) is 6.35. The molecule has 1 aliphatic rings. The molecule has 1 aliphatic heterocycles. The van der Waals surface area contributed by atoms with E-state index in [0.717, 1.165) is 23.6 Å². The molecule has 2 aromatic carbocycles. The van der Waals surface area contributed by atoms with Crippen molar-refractivity contribution in [1.29, 1.82) is 0 Å². The van der Waals surface area contributed by atoms with Gasteiger partial charge in [0.2, 0.25) is 11.8 Å². The molecule has 3 rings (SSSR count). The molecule has 4 nitrogen and oxygen atoms in total. The summed E-state index contributed by atoms with van der Waals surface area (Å²) in [4.78, 5) is 25.1. The Morgan fingerprint density at radius 1 is 1.23 bits per heavy atom. The molecule has 6 heteroatoms. The molecule has 1 heterocycles. The van der Waals surface area contributed by atoms with Crippen LogP contribution in [0.25, 0.3) is 0 Å². The normalized spacial score (nSPS) is 19.7. The molecule has 1 saturated heterocycles. The Morgan fingerprint density at radius 2 is 2.00 bits per heavy atom.